The highest BCUT2D eigenvalue weighted by atomic mass is 16.6. The van der Waals surface area contributed by atoms with E-state index >= 15 is 0 Å². The maximum Gasteiger partial charge on any atom is 0.207 e. The smallest absolute Gasteiger partial charge is 0.207 e. The Bertz CT molecular complexity index is 141. The standard InChI is InChI=1S/C7H15N3O/c1-7(11-8)10-5-3-9(2)4-6-10/h1,3-6,8H2,2H3. The Morgan fingerprint density at radius 2 is 1.91 bits per heavy atom. The quantitative estimate of drug-likeness (QED) is 0.437. The molecule has 0 bridgehead atoms. The Kier molecular flexibility index (Phi) is 2.73. The third-order valence-electron chi connectivity index (χ3n) is 1.99. The minimum Gasteiger partial charge on any atom is -0.394 e. The molecule has 4 nitrogen and oxygen atoms in total. The number of hydrogen-bond donors (Lipinski definition) is 1. The maximum absolute atomic E-state index is 4.98. The normalized spacial score (nSPS) is 20.0. The minimum absolute atomic E-state index is 0.568. The van der Waals surface area contributed by atoms with E-state index in [0.29, 0.717) is 5.88 Å². The van der Waals surface area contributed by atoms with E-state index < -0.39 is 0 Å². The molecule has 1 heterocycles. The third kappa shape index (κ3) is 2.10. The Labute approximate surface area is 67.2 Å². The van der Waals surface area contributed by atoms with Crippen LogP contribution in [0.4, 0.5) is 0 Å². The Balaban J connectivity index is 2.33. The first-order valence-corrected chi connectivity index (χ1v) is 3.73. The molecule has 0 aromatic carbocycles. The minimum atomic E-state index is 0.568. The van der Waals surface area contributed by atoms with Gasteiger partial charge in [0.15, 0.2) is 0 Å². The van der Waals surface area contributed by atoms with Crippen LogP contribution < -0.4 is 5.90 Å². The summed E-state index contributed by atoms with van der Waals surface area (Å²) in [4.78, 5) is 8.84. The zero-order valence-electron chi connectivity index (χ0n) is 6.92. The van der Waals surface area contributed by atoms with Crippen molar-refractivity contribution in [3.63, 3.8) is 0 Å². The maximum atomic E-state index is 4.98. The predicted molar refractivity (Wildman–Crippen MR) is 43.5 cm³/mol. The van der Waals surface area contributed by atoms with Crippen molar-refractivity contribution in [2.45, 2.75) is 0 Å². The van der Waals surface area contributed by atoms with E-state index in [-0.39, 0.29) is 0 Å². The highest BCUT2D eigenvalue weighted by Gasteiger charge is 2.14. The summed E-state index contributed by atoms with van der Waals surface area (Å²) >= 11 is 0. The van der Waals surface area contributed by atoms with Gasteiger partial charge >= 0.3 is 0 Å². The molecule has 0 unspecified atom stereocenters. The van der Waals surface area contributed by atoms with Gasteiger partial charge in [-0.3, -0.25) is 0 Å². The second-order valence-electron chi connectivity index (χ2n) is 2.80. The van der Waals surface area contributed by atoms with Gasteiger partial charge in [0.2, 0.25) is 5.88 Å². The molecule has 1 fully saturated rings. The van der Waals surface area contributed by atoms with E-state index in [2.05, 4.69) is 23.4 Å². The first kappa shape index (κ1) is 8.36. The highest BCUT2D eigenvalue weighted by Crippen LogP contribution is 2.05. The van der Waals surface area contributed by atoms with Crippen molar-refractivity contribution in [2.24, 2.45) is 5.90 Å². The Morgan fingerprint density at radius 3 is 2.36 bits per heavy atom. The van der Waals surface area contributed by atoms with Crippen molar-refractivity contribution in [1.82, 2.24) is 9.80 Å². The number of piperazine rings is 1. The van der Waals surface area contributed by atoms with Gasteiger partial charge in [0.05, 0.1) is 0 Å². The molecule has 2 N–H and O–H groups in total. The van der Waals surface area contributed by atoms with E-state index in [1.54, 1.807) is 0 Å². The molecule has 0 saturated carbocycles. The van der Waals surface area contributed by atoms with Gasteiger partial charge in [-0.1, -0.05) is 0 Å². The topological polar surface area (TPSA) is 41.7 Å². The average Bonchev–Trinajstić information content (AvgIpc) is 2.05. The zero-order valence-corrected chi connectivity index (χ0v) is 6.92. The first-order chi connectivity index (χ1) is 5.24. The molecule has 0 amide bonds. The van der Waals surface area contributed by atoms with Crippen molar-refractivity contribution in [1.29, 1.82) is 0 Å². The molecule has 11 heavy (non-hydrogen) atoms. The molecule has 64 valence electrons. The summed E-state index contributed by atoms with van der Waals surface area (Å²) in [6.07, 6.45) is 0. The molecule has 1 aliphatic rings. The fourth-order valence-corrected chi connectivity index (χ4v) is 1.13. The zero-order chi connectivity index (χ0) is 8.27. The molecule has 0 aromatic heterocycles. The summed E-state index contributed by atoms with van der Waals surface area (Å²) in [7, 11) is 2.10. The van der Waals surface area contributed by atoms with Crippen LogP contribution in [0.5, 0.6) is 0 Å². The van der Waals surface area contributed by atoms with Crippen molar-refractivity contribution >= 4 is 0 Å². The Morgan fingerprint density at radius 1 is 1.36 bits per heavy atom. The largest absolute Gasteiger partial charge is 0.394 e. The van der Waals surface area contributed by atoms with Gasteiger partial charge in [0, 0.05) is 26.2 Å². The van der Waals surface area contributed by atoms with Gasteiger partial charge in [-0.2, -0.15) is 5.90 Å². The van der Waals surface area contributed by atoms with Gasteiger partial charge in [-0.25, -0.2) is 0 Å². The van der Waals surface area contributed by atoms with Crippen LogP contribution >= 0.6 is 0 Å². The lowest BCUT2D eigenvalue weighted by Crippen LogP contribution is -2.44. The van der Waals surface area contributed by atoms with Gasteiger partial charge in [0.1, 0.15) is 0 Å². The van der Waals surface area contributed by atoms with E-state index in [9.17, 15) is 0 Å². The number of rotatable bonds is 2. The average molecular weight is 157 g/mol. The van der Waals surface area contributed by atoms with Crippen LogP contribution in [0.2, 0.25) is 0 Å². The fourth-order valence-electron chi connectivity index (χ4n) is 1.13. The van der Waals surface area contributed by atoms with Crippen molar-refractivity contribution in [3.8, 4) is 0 Å². The molecule has 0 atom stereocenters. The van der Waals surface area contributed by atoms with E-state index in [0.717, 1.165) is 26.2 Å². The number of hydrogen-bond acceptors (Lipinski definition) is 4. The van der Waals surface area contributed by atoms with E-state index in [1.165, 1.54) is 0 Å². The lowest BCUT2D eigenvalue weighted by molar-refractivity contribution is 0.0805. The predicted octanol–water partition coefficient (Wildman–Crippen LogP) is -0.405. The molecule has 1 aliphatic heterocycles. The fraction of sp³-hybridized carbons (Fsp3) is 0.714. The summed E-state index contributed by atoms with van der Waals surface area (Å²) < 4.78 is 0. The molecule has 0 spiro atoms. The molecule has 4 heteroatoms. The third-order valence-corrected chi connectivity index (χ3v) is 1.99. The summed E-state index contributed by atoms with van der Waals surface area (Å²) in [6, 6.07) is 0. The highest BCUT2D eigenvalue weighted by molar-refractivity contribution is 4.85. The molecule has 0 radical (unpaired) electrons. The second kappa shape index (κ2) is 3.59. The summed E-state index contributed by atoms with van der Waals surface area (Å²) in [5, 5.41) is 0. The first-order valence-electron chi connectivity index (χ1n) is 3.73. The Hall–Kier alpha value is -0.740. The van der Waals surface area contributed by atoms with E-state index in [1.807, 2.05) is 4.90 Å². The number of nitrogens with zero attached hydrogens (tertiary/aromatic N) is 2. The van der Waals surface area contributed by atoms with Crippen LogP contribution in [-0.4, -0.2) is 43.0 Å². The summed E-state index contributed by atoms with van der Waals surface area (Å²) in [5.74, 6) is 5.55. The lowest BCUT2D eigenvalue weighted by atomic mass is 10.3. The monoisotopic (exact) mass is 157 g/mol. The summed E-state index contributed by atoms with van der Waals surface area (Å²) in [5.41, 5.74) is 0. The van der Waals surface area contributed by atoms with Crippen LogP contribution in [0.1, 0.15) is 0 Å². The SMILES string of the molecule is C=C(ON)N1CCN(C)CC1. The molecular formula is C7H15N3O. The molecule has 0 aliphatic carbocycles. The van der Waals surface area contributed by atoms with Gasteiger partial charge in [0.25, 0.3) is 0 Å². The van der Waals surface area contributed by atoms with Gasteiger partial charge in [-0.05, 0) is 13.6 Å². The van der Waals surface area contributed by atoms with E-state index in [4.69, 9.17) is 5.90 Å². The van der Waals surface area contributed by atoms with Crippen LogP contribution in [0.15, 0.2) is 12.5 Å². The van der Waals surface area contributed by atoms with Crippen LogP contribution in [0.25, 0.3) is 0 Å². The molecular weight excluding hydrogens is 142 g/mol. The van der Waals surface area contributed by atoms with Crippen LogP contribution in [-0.2, 0) is 4.84 Å². The second-order valence-corrected chi connectivity index (χ2v) is 2.80. The van der Waals surface area contributed by atoms with Crippen LogP contribution in [0, 0.1) is 0 Å². The molecule has 1 saturated heterocycles. The van der Waals surface area contributed by atoms with Crippen molar-refractivity contribution in [3.05, 3.63) is 12.5 Å². The number of nitrogens with two attached hydrogens (primary N) is 1. The van der Waals surface area contributed by atoms with Crippen molar-refractivity contribution < 1.29 is 4.84 Å². The lowest BCUT2D eigenvalue weighted by Gasteiger charge is -2.33. The summed E-state index contributed by atoms with van der Waals surface area (Å²) in [6.45, 7) is 7.67. The molecule has 1 rings (SSSR count). The van der Waals surface area contributed by atoms with Gasteiger partial charge in [-0.15, -0.1) is 0 Å². The van der Waals surface area contributed by atoms with Gasteiger partial charge < -0.3 is 14.6 Å². The van der Waals surface area contributed by atoms with Crippen molar-refractivity contribution in [2.75, 3.05) is 33.2 Å². The number of likely N-dealkylation sites (N-methyl/N-ethyl adjacent to an activating group) is 1. The molecule has 0 aromatic rings. The van der Waals surface area contributed by atoms with Crippen LogP contribution in [0.3, 0.4) is 0 Å².